The maximum atomic E-state index is 12.7. The fourth-order valence-corrected chi connectivity index (χ4v) is 3.06. The maximum absolute atomic E-state index is 12.7. The third-order valence-corrected chi connectivity index (χ3v) is 3.92. The summed E-state index contributed by atoms with van der Waals surface area (Å²) in [6, 6.07) is 7.68. The number of carbonyl (C=O) groups excluding carboxylic acids is 1. The van der Waals surface area contributed by atoms with Crippen molar-refractivity contribution in [2.24, 2.45) is 11.8 Å². The normalized spacial score (nSPS) is 22.6. The minimum absolute atomic E-state index is 0.0673. The van der Waals surface area contributed by atoms with Gasteiger partial charge in [-0.2, -0.15) is 0 Å². The molecule has 0 aliphatic carbocycles. The first-order chi connectivity index (χ1) is 9.88. The predicted octanol–water partition coefficient (Wildman–Crippen LogP) is 3.84. The van der Waals surface area contributed by atoms with E-state index in [1.165, 1.54) is 0 Å². The minimum atomic E-state index is -0.0901. The standard InChI is InChI=1S/C17H25ClN2O/c1-11(2)8-15-17(21)20(10-12(3)4)16(19-15)13-6-5-7-14(18)9-13/h5-7,9,11-12,15-16,19H,8,10H2,1-4H3. The number of amides is 1. The summed E-state index contributed by atoms with van der Waals surface area (Å²) in [6.07, 6.45) is 0.798. The largest absolute Gasteiger partial charge is 0.321 e. The number of carbonyl (C=O) groups is 1. The molecule has 116 valence electrons. The van der Waals surface area contributed by atoms with Crippen LogP contribution < -0.4 is 5.32 Å². The molecular formula is C17H25ClN2O. The fourth-order valence-electron chi connectivity index (χ4n) is 2.86. The molecule has 1 aliphatic heterocycles. The number of halogens is 1. The molecule has 3 nitrogen and oxygen atoms in total. The van der Waals surface area contributed by atoms with Crippen molar-refractivity contribution in [3.05, 3.63) is 34.9 Å². The number of hydrogen-bond donors (Lipinski definition) is 1. The van der Waals surface area contributed by atoms with Crippen LogP contribution in [0.2, 0.25) is 5.02 Å². The van der Waals surface area contributed by atoms with Crippen LogP contribution in [0, 0.1) is 11.8 Å². The van der Waals surface area contributed by atoms with Gasteiger partial charge in [-0.1, -0.05) is 51.4 Å². The molecule has 2 atom stereocenters. The van der Waals surface area contributed by atoms with E-state index in [9.17, 15) is 4.79 Å². The molecule has 1 saturated heterocycles. The van der Waals surface area contributed by atoms with Gasteiger partial charge in [0.1, 0.15) is 6.17 Å². The fraction of sp³-hybridized carbons (Fsp3) is 0.588. The third kappa shape index (κ3) is 3.98. The lowest BCUT2D eigenvalue weighted by Crippen LogP contribution is -2.34. The summed E-state index contributed by atoms with van der Waals surface area (Å²) in [5.41, 5.74) is 1.06. The van der Waals surface area contributed by atoms with Gasteiger partial charge in [0.05, 0.1) is 6.04 Å². The highest BCUT2D eigenvalue weighted by atomic mass is 35.5. The summed E-state index contributed by atoms with van der Waals surface area (Å²) in [4.78, 5) is 14.6. The zero-order valence-electron chi connectivity index (χ0n) is 13.3. The molecular weight excluding hydrogens is 284 g/mol. The second-order valence-corrected chi connectivity index (χ2v) is 7.13. The number of benzene rings is 1. The Morgan fingerprint density at radius 3 is 2.52 bits per heavy atom. The van der Waals surface area contributed by atoms with Crippen molar-refractivity contribution in [1.82, 2.24) is 10.2 Å². The lowest BCUT2D eigenvalue weighted by atomic mass is 10.0. The molecule has 21 heavy (non-hydrogen) atoms. The van der Waals surface area contributed by atoms with Crippen molar-refractivity contribution < 1.29 is 4.79 Å². The Hall–Kier alpha value is -1.06. The van der Waals surface area contributed by atoms with E-state index >= 15 is 0 Å². The van der Waals surface area contributed by atoms with E-state index in [2.05, 4.69) is 33.0 Å². The monoisotopic (exact) mass is 308 g/mol. The number of nitrogens with one attached hydrogen (secondary N) is 1. The summed E-state index contributed by atoms with van der Waals surface area (Å²) >= 11 is 6.10. The van der Waals surface area contributed by atoms with Crippen LogP contribution in [0.3, 0.4) is 0 Å². The van der Waals surface area contributed by atoms with Crippen LogP contribution in [0.15, 0.2) is 24.3 Å². The van der Waals surface area contributed by atoms with Gasteiger partial charge in [-0.3, -0.25) is 10.1 Å². The van der Waals surface area contributed by atoms with Gasteiger partial charge in [-0.25, -0.2) is 0 Å². The van der Waals surface area contributed by atoms with E-state index in [-0.39, 0.29) is 18.1 Å². The highest BCUT2D eigenvalue weighted by Crippen LogP contribution is 2.29. The van der Waals surface area contributed by atoms with Crippen molar-refractivity contribution in [2.75, 3.05) is 6.54 Å². The Bertz CT molecular complexity index is 501. The van der Waals surface area contributed by atoms with Crippen molar-refractivity contribution in [1.29, 1.82) is 0 Å². The molecule has 1 fully saturated rings. The van der Waals surface area contributed by atoms with Crippen LogP contribution in [0.5, 0.6) is 0 Å². The van der Waals surface area contributed by atoms with Gasteiger partial charge >= 0.3 is 0 Å². The van der Waals surface area contributed by atoms with Gasteiger partial charge in [0.2, 0.25) is 5.91 Å². The van der Waals surface area contributed by atoms with E-state index < -0.39 is 0 Å². The Labute approximate surface area is 132 Å². The van der Waals surface area contributed by atoms with Crippen LogP contribution in [-0.4, -0.2) is 23.4 Å². The third-order valence-electron chi connectivity index (χ3n) is 3.69. The van der Waals surface area contributed by atoms with Crippen LogP contribution in [0.1, 0.15) is 45.8 Å². The highest BCUT2D eigenvalue weighted by molar-refractivity contribution is 6.30. The summed E-state index contributed by atoms with van der Waals surface area (Å²) < 4.78 is 0. The van der Waals surface area contributed by atoms with Gasteiger partial charge in [-0.15, -0.1) is 0 Å². The van der Waals surface area contributed by atoms with E-state index in [4.69, 9.17) is 11.6 Å². The molecule has 1 N–H and O–H groups in total. The molecule has 4 heteroatoms. The Morgan fingerprint density at radius 2 is 1.95 bits per heavy atom. The van der Waals surface area contributed by atoms with Crippen molar-refractivity contribution in [3.8, 4) is 0 Å². The zero-order chi connectivity index (χ0) is 15.6. The van der Waals surface area contributed by atoms with Crippen molar-refractivity contribution >= 4 is 17.5 Å². The molecule has 0 radical (unpaired) electrons. The Morgan fingerprint density at radius 1 is 1.24 bits per heavy atom. The Kier molecular flexibility index (Phi) is 5.28. The van der Waals surface area contributed by atoms with Crippen LogP contribution in [0.25, 0.3) is 0 Å². The average Bonchev–Trinajstić information content (AvgIpc) is 2.66. The SMILES string of the molecule is CC(C)CC1NC(c2cccc(Cl)c2)N(CC(C)C)C1=O. The second-order valence-electron chi connectivity index (χ2n) is 6.69. The predicted molar refractivity (Wildman–Crippen MR) is 87.1 cm³/mol. The summed E-state index contributed by atoms with van der Waals surface area (Å²) in [6.45, 7) is 9.33. The molecule has 0 aromatic heterocycles. The van der Waals surface area contributed by atoms with Crippen LogP contribution in [-0.2, 0) is 4.79 Å². The Balaban J connectivity index is 2.26. The van der Waals surface area contributed by atoms with E-state index in [1.54, 1.807) is 0 Å². The van der Waals surface area contributed by atoms with Crippen LogP contribution in [0.4, 0.5) is 0 Å². The molecule has 1 amide bonds. The first kappa shape index (κ1) is 16.3. The number of rotatable bonds is 5. The van der Waals surface area contributed by atoms with Gasteiger partial charge in [0.25, 0.3) is 0 Å². The van der Waals surface area contributed by atoms with E-state index in [0.717, 1.165) is 18.5 Å². The van der Waals surface area contributed by atoms with E-state index in [1.807, 2.05) is 29.2 Å². The second kappa shape index (κ2) is 6.80. The molecule has 1 aromatic carbocycles. The molecule has 2 unspecified atom stereocenters. The van der Waals surface area contributed by atoms with Crippen molar-refractivity contribution in [3.63, 3.8) is 0 Å². The van der Waals surface area contributed by atoms with Gasteiger partial charge in [-0.05, 0) is 36.0 Å². The van der Waals surface area contributed by atoms with Gasteiger partial charge < -0.3 is 4.90 Å². The molecule has 1 aromatic rings. The quantitative estimate of drug-likeness (QED) is 0.896. The maximum Gasteiger partial charge on any atom is 0.241 e. The molecule has 1 heterocycles. The first-order valence-electron chi connectivity index (χ1n) is 7.70. The number of nitrogens with zero attached hydrogens (tertiary/aromatic N) is 1. The van der Waals surface area contributed by atoms with Crippen LogP contribution >= 0.6 is 11.6 Å². The average molecular weight is 309 g/mol. The smallest absolute Gasteiger partial charge is 0.241 e. The highest BCUT2D eigenvalue weighted by Gasteiger charge is 2.39. The topological polar surface area (TPSA) is 32.3 Å². The molecule has 0 bridgehead atoms. The zero-order valence-corrected chi connectivity index (χ0v) is 14.0. The lowest BCUT2D eigenvalue weighted by molar-refractivity contribution is -0.130. The number of hydrogen-bond acceptors (Lipinski definition) is 2. The minimum Gasteiger partial charge on any atom is -0.321 e. The summed E-state index contributed by atoms with van der Waals surface area (Å²) in [5.74, 6) is 1.14. The van der Waals surface area contributed by atoms with Gasteiger partial charge in [0, 0.05) is 11.6 Å². The molecule has 0 saturated carbocycles. The van der Waals surface area contributed by atoms with E-state index in [0.29, 0.717) is 16.9 Å². The summed E-state index contributed by atoms with van der Waals surface area (Å²) in [7, 11) is 0. The molecule has 2 rings (SSSR count). The van der Waals surface area contributed by atoms with Gasteiger partial charge in [0.15, 0.2) is 0 Å². The van der Waals surface area contributed by atoms with Crippen molar-refractivity contribution in [2.45, 2.75) is 46.3 Å². The first-order valence-corrected chi connectivity index (χ1v) is 8.08. The summed E-state index contributed by atoms with van der Waals surface area (Å²) in [5, 5.41) is 4.20. The molecule has 1 aliphatic rings. The lowest BCUT2D eigenvalue weighted by Gasteiger charge is -2.26. The molecule has 0 spiro atoms.